The lowest BCUT2D eigenvalue weighted by molar-refractivity contribution is 0.205. The molecule has 0 saturated carbocycles. The lowest BCUT2D eigenvalue weighted by atomic mass is 9.95. The lowest BCUT2D eigenvalue weighted by Gasteiger charge is -2.21. The smallest absolute Gasteiger partial charge is 0.222 e. The molecule has 1 unspecified atom stereocenters. The number of aromatic nitrogens is 2. The predicted molar refractivity (Wildman–Crippen MR) is 73.7 cm³/mol. The SMILES string of the molecule is CCC(C)Oc1nc(C(C)(C)C)nc(NN)c1C. The first kappa shape index (κ1) is 14.7. The number of nitrogens with one attached hydrogen (secondary N) is 1. The Hall–Kier alpha value is -1.36. The van der Waals surface area contributed by atoms with Gasteiger partial charge in [0.05, 0.1) is 11.7 Å². The van der Waals surface area contributed by atoms with Crippen LogP contribution < -0.4 is 16.0 Å². The average Bonchev–Trinajstić information content (AvgIpc) is 2.30. The van der Waals surface area contributed by atoms with Crippen LogP contribution in [0.5, 0.6) is 5.88 Å². The number of nitrogens with zero attached hydrogens (tertiary/aromatic N) is 2. The molecular weight excluding hydrogens is 228 g/mol. The van der Waals surface area contributed by atoms with Crippen molar-refractivity contribution < 1.29 is 4.74 Å². The van der Waals surface area contributed by atoms with Crippen LogP contribution in [0.1, 0.15) is 52.4 Å². The topological polar surface area (TPSA) is 73.1 Å². The Bertz CT molecular complexity index is 412. The maximum Gasteiger partial charge on any atom is 0.222 e. The highest BCUT2D eigenvalue weighted by molar-refractivity contribution is 5.48. The monoisotopic (exact) mass is 252 g/mol. The summed E-state index contributed by atoms with van der Waals surface area (Å²) >= 11 is 0. The van der Waals surface area contributed by atoms with Crippen LogP contribution in [-0.4, -0.2) is 16.1 Å². The van der Waals surface area contributed by atoms with Crippen molar-refractivity contribution in [2.24, 2.45) is 5.84 Å². The standard InChI is InChI=1S/C13H24N4O/c1-7-8(2)18-11-9(3)10(17-14)15-12(16-11)13(4,5)6/h8H,7,14H2,1-6H3,(H,15,16,17). The zero-order chi connectivity index (χ0) is 13.9. The van der Waals surface area contributed by atoms with Gasteiger partial charge < -0.3 is 10.2 Å². The second kappa shape index (κ2) is 5.52. The van der Waals surface area contributed by atoms with Gasteiger partial charge in [0, 0.05) is 5.41 Å². The molecule has 0 aromatic carbocycles. The second-order valence-electron chi connectivity index (χ2n) is 5.56. The van der Waals surface area contributed by atoms with E-state index in [4.69, 9.17) is 10.6 Å². The van der Waals surface area contributed by atoms with E-state index in [1.807, 2.05) is 13.8 Å². The highest BCUT2D eigenvalue weighted by Gasteiger charge is 2.22. The summed E-state index contributed by atoms with van der Waals surface area (Å²) in [5.41, 5.74) is 3.30. The molecule has 1 aromatic rings. The van der Waals surface area contributed by atoms with Crippen LogP contribution in [0.25, 0.3) is 0 Å². The molecule has 0 aliphatic rings. The van der Waals surface area contributed by atoms with E-state index in [9.17, 15) is 0 Å². The van der Waals surface area contributed by atoms with E-state index in [-0.39, 0.29) is 11.5 Å². The van der Waals surface area contributed by atoms with Gasteiger partial charge in [0.2, 0.25) is 5.88 Å². The Labute approximate surface area is 109 Å². The van der Waals surface area contributed by atoms with Gasteiger partial charge in [0.1, 0.15) is 5.82 Å². The molecule has 0 spiro atoms. The number of hydrogen-bond donors (Lipinski definition) is 2. The van der Waals surface area contributed by atoms with Gasteiger partial charge in [0.25, 0.3) is 0 Å². The van der Waals surface area contributed by atoms with Crippen molar-refractivity contribution in [2.75, 3.05) is 5.43 Å². The summed E-state index contributed by atoms with van der Waals surface area (Å²) in [7, 11) is 0. The summed E-state index contributed by atoms with van der Waals surface area (Å²) in [6.45, 7) is 12.2. The largest absolute Gasteiger partial charge is 0.474 e. The van der Waals surface area contributed by atoms with Crippen LogP contribution in [0.3, 0.4) is 0 Å². The summed E-state index contributed by atoms with van der Waals surface area (Å²) in [6, 6.07) is 0. The Kier molecular flexibility index (Phi) is 4.51. The van der Waals surface area contributed by atoms with Crippen molar-refractivity contribution in [3.8, 4) is 5.88 Å². The number of hydrogen-bond acceptors (Lipinski definition) is 5. The molecular formula is C13H24N4O. The van der Waals surface area contributed by atoms with E-state index in [1.54, 1.807) is 0 Å². The molecule has 1 rings (SSSR count). The zero-order valence-corrected chi connectivity index (χ0v) is 12.2. The molecule has 102 valence electrons. The Morgan fingerprint density at radius 2 is 1.94 bits per heavy atom. The fourth-order valence-electron chi connectivity index (χ4n) is 1.36. The summed E-state index contributed by atoms with van der Waals surface area (Å²) in [5, 5.41) is 0. The molecule has 1 heterocycles. The normalized spacial score (nSPS) is 13.3. The van der Waals surface area contributed by atoms with Crippen LogP contribution in [0.4, 0.5) is 5.82 Å². The molecule has 5 nitrogen and oxygen atoms in total. The van der Waals surface area contributed by atoms with Crippen LogP contribution in [0, 0.1) is 6.92 Å². The lowest BCUT2D eigenvalue weighted by Crippen LogP contribution is -2.22. The van der Waals surface area contributed by atoms with E-state index in [1.165, 1.54) is 0 Å². The second-order valence-corrected chi connectivity index (χ2v) is 5.56. The van der Waals surface area contributed by atoms with E-state index in [2.05, 4.69) is 43.1 Å². The van der Waals surface area contributed by atoms with Gasteiger partial charge in [-0.1, -0.05) is 27.7 Å². The fourth-order valence-corrected chi connectivity index (χ4v) is 1.36. The maximum absolute atomic E-state index is 5.83. The number of nitrogens with two attached hydrogens (primary N) is 1. The minimum atomic E-state index is -0.146. The molecule has 0 aliphatic heterocycles. The summed E-state index contributed by atoms with van der Waals surface area (Å²) in [6.07, 6.45) is 1.05. The fraction of sp³-hybridized carbons (Fsp3) is 0.692. The number of rotatable bonds is 4. The van der Waals surface area contributed by atoms with Crippen molar-refractivity contribution in [1.82, 2.24) is 9.97 Å². The molecule has 1 atom stereocenters. The van der Waals surface area contributed by atoms with Crippen LogP contribution in [-0.2, 0) is 5.41 Å². The Morgan fingerprint density at radius 3 is 2.39 bits per heavy atom. The van der Waals surface area contributed by atoms with Crippen molar-refractivity contribution in [3.63, 3.8) is 0 Å². The van der Waals surface area contributed by atoms with E-state index in [0.717, 1.165) is 17.8 Å². The summed E-state index contributed by atoms with van der Waals surface area (Å²) < 4.78 is 5.83. The number of ether oxygens (including phenoxy) is 1. The molecule has 18 heavy (non-hydrogen) atoms. The maximum atomic E-state index is 5.83. The molecule has 0 bridgehead atoms. The summed E-state index contributed by atoms with van der Waals surface area (Å²) in [5.74, 6) is 7.45. The third-order valence-corrected chi connectivity index (χ3v) is 2.80. The third kappa shape index (κ3) is 3.32. The van der Waals surface area contributed by atoms with E-state index in [0.29, 0.717) is 11.7 Å². The van der Waals surface area contributed by atoms with Gasteiger partial charge in [-0.2, -0.15) is 4.98 Å². The van der Waals surface area contributed by atoms with E-state index < -0.39 is 0 Å². The molecule has 0 saturated heterocycles. The summed E-state index contributed by atoms with van der Waals surface area (Å²) in [4.78, 5) is 8.94. The molecule has 0 fully saturated rings. The van der Waals surface area contributed by atoms with Crippen LogP contribution in [0.2, 0.25) is 0 Å². The first-order valence-corrected chi connectivity index (χ1v) is 6.32. The molecule has 3 N–H and O–H groups in total. The first-order chi connectivity index (χ1) is 8.29. The minimum Gasteiger partial charge on any atom is -0.474 e. The first-order valence-electron chi connectivity index (χ1n) is 6.32. The number of hydrazine groups is 1. The van der Waals surface area contributed by atoms with Gasteiger partial charge in [-0.25, -0.2) is 10.8 Å². The zero-order valence-electron chi connectivity index (χ0n) is 12.2. The Morgan fingerprint density at radius 1 is 1.33 bits per heavy atom. The van der Waals surface area contributed by atoms with E-state index >= 15 is 0 Å². The minimum absolute atomic E-state index is 0.122. The van der Waals surface area contributed by atoms with Crippen molar-refractivity contribution in [1.29, 1.82) is 0 Å². The third-order valence-electron chi connectivity index (χ3n) is 2.80. The van der Waals surface area contributed by atoms with Gasteiger partial charge in [-0.3, -0.25) is 0 Å². The van der Waals surface area contributed by atoms with Crippen molar-refractivity contribution in [2.45, 2.75) is 59.5 Å². The molecule has 5 heteroatoms. The molecule has 0 amide bonds. The number of nitrogen functional groups attached to an aromatic ring is 1. The van der Waals surface area contributed by atoms with Crippen LogP contribution >= 0.6 is 0 Å². The van der Waals surface area contributed by atoms with Crippen LogP contribution in [0.15, 0.2) is 0 Å². The molecule has 0 radical (unpaired) electrons. The Balaban J connectivity index is 3.23. The van der Waals surface area contributed by atoms with Crippen molar-refractivity contribution in [3.05, 3.63) is 11.4 Å². The highest BCUT2D eigenvalue weighted by atomic mass is 16.5. The quantitative estimate of drug-likeness (QED) is 0.636. The number of anilines is 1. The van der Waals surface area contributed by atoms with Gasteiger partial charge >= 0.3 is 0 Å². The van der Waals surface area contributed by atoms with Crippen molar-refractivity contribution >= 4 is 5.82 Å². The average molecular weight is 252 g/mol. The van der Waals surface area contributed by atoms with Gasteiger partial charge in [-0.05, 0) is 20.3 Å². The molecule has 1 aromatic heterocycles. The van der Waals surface area contributed by atoms with Gasteiger partial charge in [-0.15, -0.1) is 0 Å². The predicted octanol–water partition coefficient (Wildman–Crippen LogP) is 2.55. The van der Waals surface area contributed by atoms with Gasteiger partial charge in [0.15, 0.2) is 5.82 Å². The highest BCUT2D eigenvalue weighted by Crippen LogP contribution is 2.27. The molecule has 0 aliphatic carbocycles.